The number of benzene rings is 2. The van der Waals surface area contributed by atoms with Crippen molar-refractivity contribution < 1.29 is 15.3 Å². The Labute approximate surface area is 186 Å². The highest BCUT2D eigenvalue weighted by molar-refractivity contribution is 5.84. The molecule has 0 radical (unpaired) electrons. The molecule has 2 aromatic rings. The molecule has 0 heterocycles. The van der Waals surface area contributed by atoms with Crippen LogP contribution in [0.4, 0.5) is 0 Å². The molecule has 2 rings (SSSR count). The van der Waals surface area contributed by atoms with Crippen molar-refractivity contribution in [3.8, 4) is 11.5 Å². The van der Waals surface area contributed by atoms with Gasteiger partial charge in [-0.1, -0.05) is 53.7 Å². The predicted octanol–water partition coefficient (Wildman–Crippen LogP) is 4.98. The van der Waals surface area contributed by atoms with Crippen LogP contribution < -0.4 is 0 Å². The first-order chi connectivity index (χ1) is 14.4. The molecule has 1 unspecified atom stereocenters. The molecule has 0 amide bonds. The van der Waals surface area contributed by atoms with Crippen molar-refractivity contribution in [2.45, 2.75) is 64.8 Å². The molecule has 0 spiro atoms. The molecule has 0 fully saturated rings. The quantitative estimate of drug-likeness (QED) is 0.548. The minimum Gasteiger partial charge on any atom is -0.507 e. The molecule has 5 nitrogen and oxygen atoms in total. The summed E-state index contributed by atoms with van der Waals surface area (Å²) >= 11 is 0. The van der Waals surface area contributed by atoms with E-state index in [4.69, 9.17) is 0 Å². The maximum atomic E-state index is 10.2. The first-order valence-electron chi connectivity index (χ1n) is 10.7. The Balaban J connectivity index is 2.18. The summed E-state index contributed by atoms with van der Waals surface area (Å²) in [6, 6.07) is 10.9. The second-order valence-electron chi connectivity index (χ2n) is 9.99. The number of hydrogen-bond donors (Lipinski definition) is 3. The van der Waals surface area contributed by atoms with Gasteiger partial charge in [-0.05, 0) is 52.6 Å². The normalized spacial score (nSPS) is 13.9. The number of rotatable bonds is 7. The van der Waals surface area contributed by atoms with E-state index in [0.29, 0.717) is 24.1 Å². The van der Waals surface area contributed by atoms with Crippen LogP contribution in [0.3, 0.4) is 0 Å². The third-order valence-electron chi connectivity index (χ3n) is 5.22. The van der Waals surface area contributed by atoms with Crippen molar-refractivity contribution in [2.24, 2.45) is 9.98 Å². The molecule has 1 atom stereocenters. The number of phenols is 2. The molecule has 2 aromatic carbocycles. The molecular formula is C26H36N2O3. The number of aliphatic hydroxyl groups is 1. The molecule has 0 aromatic heterocycles. The first kappa shape index (κ1) is 24.6. The van der Waals surface area contributed by atoms with E-state index in [-0.39, 0.29) is 35.0 Å². The summed E-state index contributed by atoms with van der Waals surface area (Å²) in [7, 11) is 0. The van der Waals surface area contributed by atoms with Crippen LogP contribution in [0.2, 0.25) is 0 Å². The summed E-state index contributed by atoms with van der Waals surface area (Å²) in [5.41, 5.74) is 3.48. The van der Waals surface area contributed by atoms with E-state index in [0.717, 1.165) is 11.1 Å². The van der Waals surface area contributed by atoms with Gasteiger partial charge in [0.1, 0.15) is 11.5 Å². The van der Waals surface area contributed by atoms with Crippen LogP contribution >= 0.6 is 0 Å². The minimum atomic E-state index is -0.230. The lowest BCUT2D eigenvalue weighted by Crippen LogP contribution is -2.13. The fourth-order valence-electron chi connectivity index (χ4n) is 3.07. The Bertz CT molecular complexity index is 935. The number of aliphatic imine (C=N–C) groups is 2. The van der Waals surface area contributed by atoms with Gasteiger partial charge in [-0.15, -0.1) is 0 Å². The predicted molar refractivity (Wildman–Crippen MR) is 129 cm³/mol. The van der Waals surface area contributed by atoms with E-state index in [1.807, 2.05) is 24.3 Å². The highest BCUT2D eigenvalue weighted by Crippen LogP contribution is 2.27. The molecule has 0 aliphatic carbocycles. The second kappa shape index (κ2) is 10.1. The number of aromatic hydroxyl groups is 2. The van der Waals surface area contributed by atoms with E-state index >= 15 is 0 Å². The zero-order valence-electron chi connectivity index (χ0n) is 19.6. The van der Waals surface area contributed by atoms with Crippen molar-refractivity contribution in [2.75, 3.05) is 13.2 Å². The number of hydrogen-bond acceptors (Lipinski definition) is 5. The van der Waals surface area contributed by atoms with Gasteiger partial charge in [-0.3, -0.25) is 9.98 Å². The van der Waals surface area contributed by atoms with E-state index in [9.17, 15) is 15.3 Å². The Hall–Kier alpha value is -2.66. The average molecular weight is 425 g/mol. The standard InChI is InChI=1S/C26H36N2O3/c1-25(2,3)20-7-9-23(30)18(13-20)15-27-17-22(11-12-29)28-16-19-14-21(26(4,5)6)8-10-24(19)31/h7-10,13-16,22,29-31H,11-12,17H2,1-6H3. The summed E-state index contributed by atoms with van der Waals surface area (Å²) < 4.78 is 0. The van der Waals surface area contributed by atoms with Gasteiger partial charge in [0.25, 0.3) is 0 Å². The first-order valence-corrected chi connectivity index (χ1v) is 10.7. The van der Waals surface area contributed by atoms with Gasteiger partial charge in [0, 0.05) is 30.2 Å². The van der Waals surface area contributed by atoms with Gasteiger partial charge < -0.3 is 15.3 Å². The Kier molecular flexibility index (Phi) is 8.02. The van der Waals surface area contributed by atoms with Gasteiger partial charge in [0.05, 0.1) is 12.6 Å². The van der Waals surface area contributed by atoms with Crippen LogP contribution in [0.5, 0.6) is 11.5 Å². The van der Waals surface area contributed by atoms with Crippen molar-refractivity contribution >= 4 is 12.4 Å². The lowest BCUT2D eigenvalue weighted by Gasteiger charge is -2.20. The van der Waals surface area contributed by atoms with Crippen LogP contribution in [-0.2, 0) is 10.8 Å². The summed E-state index contributed by atoms with van der Waals surface area (Å²) in [4.78, 5) is 9.02. The van der Waals surface area contributed by atoms with Gasteiger partial charge in [-0.25, -0.2) is 0 Å². The average Bonchev–Trinajstić information content (AvgIpc) is 2.66. The van der Waals surface area contributed by atoms with Crippen LogP contribution in [0.25, 0.3) is 0 Å². The van der Waals surface area contributed by atoms with Crippen LogP contribution in [0, 0.1) is 0 Å². The highest BCUT2D eigenvalue weighted by atomic mass is 16.3. The van der Waals surface area contributed by atoms with Crippen molar-refractivity contribution in [1.29, 1.82) is 0 Å². The lowest BCUT2D eigenvalue weighted by molar-refractivity contribution is 0.277. The van der Waals surface area contributed by atoms with Gasteiger partial charge >= 0.3 is 0 Å². The maximum absolute atomic E-state index is 10.2. The summed E-state index contributed by atoms with van der Waals surface area (Å²) in [5, 5.41) is 29.8. The monoisotopic (exact) mass is 424 g/mol. The van der Waals surface area contributed by atoms with Gasteiger partial charge in [0.15, 0.2) is 0 Å². The van der Waals surface area contributed by atoms with E-state index < -0.39 is 0 Å². The van der Waals surface area contributed by atoms with Gasteiger partial charge in [0.2, 0.25) is 0 Å². The fourth-order valence-corrected chi connectivity index (χ4v) is 3.07. The van der Waals surface area contributed by atoms with Crippen LogP contribution in [-0.4, -0.2) is 46.9 Å². The molecule has 0 saturated heterocycles. The smallest absolute Gasteiger partial charge is 0.124 e. The van der Waals surface area contributed by atoms with Crippen molar-refractivity contribution in [1.82, 2.24) is 0 Å². The van der Waals surface area contributed by atoms with Gasteiger partial charge in [-0.2, -0.15) is 0 Å². The van der Waals surface area contributed by atoms with Crippen molar-refractivity contribution in [3.63, 3.8) is 0 Å². The Morgan fingerprint density at radius 1 is 0.806 bits per heavy atom. The molecule has 0 aliphatic heterocycles. The maximum Gasteiger partial charge on any atom is 0.124 e. The van der Waals surface area contributed by atoms with E-state index in [1.54, 1.807) is 24.6 Å². The summed E-state index contributed by atoms with van der Waals surface area (Å²) in [6.07, 6.45) is 3.77. The molecule has 0 saturated carbocycles. The van der Waals surface area contributed by atoms with Crippen LogP contribution in [0.1, 0.15) is 70.2 Å². The molecule has 5 heteroatoms. The Morgan fingerprint density at radius 2 is 1.29 bits per heavy atom. The lowest BCUT2D eigenvalue weighted by atomic mass is 9.86. The number of aliphatic hydroxyl groups excluding tert-OH is 1. The Morgan fingerprint density at radius 3 is 1.74 bits per heavy atom. The van der Waals surface area contributed by atoms with Crippen molar-refractivity contribution in [3.05, 3.63) is 58.7 Å². The topological polar surface area (TPSA) is 85.4 Å². The molecule has 168 valence electrons. The van der Waals surface area contributed by atoms with E-state index in [1.165, 1.54) is 0 Å². The number of nitrogens with zero attached hydrogens (tertiary/aromatic N) is 2. The fraction of sp³-hybridized carbons (Fsp3) is 0.462. The summed E-state index contributed by atoms with van der Waals surface area (Å²) in [5.74, 6) is 0.356. The summed E-state index contributed by atoms with van der Waals surface area (Å²) in [6.45, 7) is 13.1. The largest absolute Gasteiger partial charge is 0.507 e. The third-order valence-corrected chi connectivity index (χ3v) is 5.22. The SMILES string of the molecule is CC(C)(C)c1ccc(O)c(C=NCC(CCO)N=Cc2cc(C(C)(C)C)ccc2O)c1. The molecular weight excluding hydrogens is 388 g/mol. The highest BCUT2D eigenvalue weighted by Gasteiger charge is 2.16. The van der Waals surface area contributed by atoms with Crippen LogP contribution in [0.15, 0.2) is 46.4 Å². The third kappa shape index (κ3) is 7.21. The molecule has 0 aliphatic rings. The van der Waals surface area contributed by atoms with E-state index in [2.05, 4.69) is 51.5 Å². The minimum absolute atomic E-state index is 0.00367. The molecule has 31 heavy (non-hydrogen) atoms. The number of phenolic OH excluding ortho intramolecular Hbond substituents is 2. The zero-order valence-corrected chi connectivity index (χ0v) is 19.6. The second-order valence-corrected chi connectivity index (χ2v) is 9.99. The molecule has 3 N–H and O–H groups in total. The molecule has 0 bridgehead atoms. The zero-order chi connectivity index (χ0) is 23.2.